The monoisotopic (exact) mass is 527 g/mol. The zero-order chi connectivity index (χ0) is 19.8. The molecule has 1 aliphatic heterocycles. The summed E-state index contributed by atoms with van der Waals surface area (Å²) < 4.78 is 0. The second kappa shape index (κ2) is 12.0. The minimum absolute atomic E-state index is 0. The van der Waals surface area contributed by atoms with Gasteiger partial charge in [-0.3, -0.25) is 9.79 Å². The number of benzene rings is 1. The average Bonchev–Trinajstić information content (AvgIpc) is 3.25. The fourth-order valence-corrected chi connectivity index (χ4v) is 4.11. The van der Waals surface area contributed by atoms with E-state index < -0.39 is 0 Å². The first-order chi connectivity index (χ1) is 13.7. The van der Waals surface area contributed by atoms with Crippen LogP contribution in [0.5, 0.6) is 0 Å². The van der Waals surface area contributed by atoms with Gasteiger partial charge in [0, 0.05) is 44.8 Å². The molecule has 0 spiro atoms. The van der Waals surface area contributed by atoms with Crippen LogP contribution in [0.15, 0.2) is 46.8 Å². The number of anilines is 1. The predicted octanol–water partition coefficient (Wildman–Crippen LogP) is 3.24. The zero-order valence-corrected chi connectivity index (χ0v) is 20.1. The topological polar surface area (TPSA) is 68.8 Å². The van der Waals surface area contributed by atoms with Gasteiger partial charge in [0.25, 0.3) is 5.91 Å². The van der Waals surface area contributed by atoms with Crippen LogP contribution in [0.1, 0.15) is 28.8 Å². The van der Waals surface area contributed by atoms with Crippen molar-refractivity contribution in [3.8, 4) is 0 Å². The standard InChI is InChI=1S/C21H29N5OS.HI/c1-16-5-3-6-17(15-16)20(27)23-10-11-24-21(22-2)25-18-8-12-26(13-9-18)19-7-4-14-28-19;/h3-7,14-15,18H,8-13H2,1-2H3,(H,23,27)(H2,22,24,25);1H. The molecule has 29 heavy (non-hydrogen) atoms. The summed E-state index contributed by atoms with van der Waals surface area (Å²) >= 11 is 1.80. The maximum atomic E-state index is 12.2. The molecule has 3 rings (SSSR count). The van der Waals surface area contributed by atoms with Gasteiger partial charge in [0.05, 0.1) is 5.00 Å². The van der Waals surface area contributed by atoms with Gasteiger partial charge in [-0.15, -0.1) is 35.3 Å². The summed E-state index contributed by atoms with van der Waals surface area (Å²) in [6.07, 6.45) is 2.17. The molecule has 1 saturated heterocycles. The van der Waals surface area contributed by atoms with E-state index in [2.05, 4.69) is 43.4 Å². The summed E-state index contributed by atoms with van der Waals surface area (Å²) in [4.78, 5) is 18.9. The number of nitrogens with zero attached hydrogens (tertiary/aromatic N) is 2. The fraction of sp³-hybridized carbons (Fsp3) is 0.429. The molecule has 0 saturated carbocycles. The third-order valence-electron chi connectivity index (χ3n) is 4.86. The first kappa shape index (κ1) is 23.5. The lowest BCUT2D eigenvalue weighted by Crippen LogP contribution is -2.49. The first-order valence-corrected chi connectivity index (χ1v) is 10.6. The molecule has 1 aromatic heterocycles. The molecule has 0 unspecified atom stereocenters. The number of carbonyl (C=O) groups is 1. The molecule has 1 amide bonds. The Morgan fingerprint density at radius 3 is 2.59 bits per heavy atom. The minimum atomic E-state index is -0.0469. The van der Waals surface area contributed by atoms with E-state index in [-0.39, 0.29) is 29.9 Å². The molecule has 0 radical (unpaired) electrons. The maximum Gasteiger partial charge on any atom is 0.251 e. The molecule has 3 N–H and O–H groups in total. The molecule has 0 bridgehead atoms. The number of carbonyl (C=O) groups excluding carboxylic acids is 1. The van der Waals surface area contributed by atoms with E-state index in [9.17, 15) is 4.79 Å². The van der Waals surface area contributed by atoms with E-state index in [4.69, 9.17) is 0 Å². The van der Waals surface area contributed by atoms with Gasteiger partial charge in [-0.05, 0) is 49.4 Å². The molecule has 6 nitrogen and oxygen atoms in total. The number of aryl methyl sites for hydroxylation is 1. The van der Waals surface area contributed by atoms with Crippen molar-refractivity contribution in [2.24, 2.45) is 4.99 Å². The minimum Gasteiger partial charge on any atom is -0.363 e. The molecular formula is C21H30IN5OS. The zero-order valence-electron chi connectivity index (χ0n) is 17.0. The fourth-order valence-electron chi connectivity index (χ4n) is 3.33. The Morgan fingerprint density at radius 2 is 1.93 bits per heavy atom. The lowest BCUT2D eigenvalue weighted by Gasteiger charge is -2.33. The van der Waals surface area contributed by atoms with Crippen LogP contribution >= 0.6 is 35.3 Å². The number of guanidine groups is 1. The van der Waals surface area contributed by atoms with Crippen molar-refractivity contribution in [3.05, 3.63) is 52.9 Å². The van der Waals surface area contributed by atoms with Crippen LogP contribution < -0.4 is 20.9 Å². The number of aliphatic imine (C=N–C) groups is 1. The van der Waals surface area contributed by atoms with Crippen molar-refractivity contribution in [1.29, 1.82) is 0 Å². The summed E-state index contributed by atoms with van der Waals surface area (Å²) in [5.41, 5.74) is 1.78. The van der Waals surface area contributed by atoms with Crippen molar-refractivity contribution in [2.75, 3.05) is 38.1 Å². The second-order valence-electron chi connectivity index (χ2n) is 6.98. The molecule has 2 aromatic rings. The van der Waals surface area contributed by atoms with Crippen LogP contribution in [0.3, 0.4) is 0 Å². The van der Waals surface area contributed by atoms with E-state index in [1.165, 1.54) is 5.00 Å². The molecule has 0 aliphatic carbocycles. The van der Waals surface area contributed by atoms with Gasteiger partial charge >= 0.3 is 0 Å². The van der Waals surface area contributed by atoms with Crippen LogP contribution in [-0.4, -0.2) is 51.1 Å². The van der Waals surface area contributed by atoms with Crippen LogP contribution in [-0.2, 0) is 0 Å². The normalized spacial score (nSPS) is 14.8. The summed E-state index contributed by atoms with van der Waals surface area (Å²) in [7, 11) is 1.78. The average molecular weight is 527 g/mol. The van der Waals surface area contributed by atoms with Crippen LogP contribution in [0.25, 0.3) is 0 Å². The van der Waals surface area contributed by atoms with Crippen LogP contribution in [0.2, 0.25) is 0 Å². The molecule has 1 aromatic carbocycles. The lowest BCUT2D eigenvalue weighted by atomic mass is 10.1. The molecule has 0 atom stereocenters. The van der Waals surface area contributed by atoms with E-state index in [0.717, 1.165) is 37.5 Å². The van der Waals surface area contributed by atoms with Gasteiger partial charge in [0.2, 0.25) is 0 Å². The molecule has 158 valence electrons. The molecular weight excluding hydrogens is 497 g/mol. The number of halogens is 1. The summed E-state index contributed by atoms with van der Waals surface area (Å²) in [6, 6.07) is 12.3. The molecule has 2 heterocycles. The molecule has 1 fully saturated rings. The van der Waals surface area contributed by atoms with Crippen LogP contribution in [0, 0.1) is 6.92 Å². The number of nitrogens with one attached hydrogen (secondary N) is 3. The van der Waals surface area contributed by atoms with E-state index >= 15 is 0 Å². The Hall–Kier alpha value is -1.81. The van der Waals surface area contributed by atoms with Crippen molar-refractivity contribution in [3.63, 3.8) is 0 Å². The summed E-state index contributed by atoms with van der Waals surface area (Å²) in [5, 5.41) is 13.2. The Balaban J connectivity index is 0.00000300. The largest absolute Gasteiger partial charge is 0.363 e. The van der Waals surface area contributed by atoms with Gasteiger partial charge in [-0.1, -0.05) is 17.7 Å². The van der Waals surface area contributed by atoms with Crippen molar-refractivity contribution in [2.45, 2.75) is 25.8 Å². The van der Waals surface area contributed by atoms with E-state index in [0.29, 0.717) is 24.7 Å². The summed E-state index contributed by atoms with van der Waals surface area (Å²) in [5.74, 6) is 0.744. The number of piperidine rings is 1. The number of amides is 1. The Morgan fingerprint density at radius 1 is 1.17 bits per heavy atom. The van der Waals surface area contributed by atoms with Gasteiger partial charge in [-0.2, -0.15) is 0 Å². The van der Waals surface area contributed by atoms with Gasteiger partial charge in [-0.25, -0.2) is 0 Å². The Bertz CT molecular complexity index is 788. The smallest absolute Gasteiger partial charge is 0.251 e. The van der Waals surface area contributed by atoms with Gasteiger partial charge in [0.15, 0.2) is 5.96 Å². The number of hydrogen-bond donors (Lipinski definition) is 3. The number of hydrogen-bond acceptors (Lipinski definition) is 4. The van der Waals surface area contributed by atoms with E-state index in [1.54, 1.807) is 18.4 Å². The van der Waals surface area contributed by atoms with Gasteiger partial charge < -0.3 is 20.9 Å². The second-order valence-corrected chi connectivity index (χ2v) is 7.91. The highest BCUT2D eigenvalue weighted by atomic mass is 127. The highest BCUT2D eigenvalue weighted by Gasteiger charge is 2.20. The number of thiophene rings is 1. The third-order valence-corrected chi connectivity index (χ3v) is 5.79. The SMILES string of the molecule is CN=C(NCCNC(=O)c1cccc(C)c1)NC1CCN(c2cccs2)CC1.I. The predicted molar refractivity (Wildman–Crippen MR) is 133 cm³/mol. The van der Waals surface area contributed by atoms with Crippen molar-refractivity contribution in [1.82, 2.24) is 16.0 Å². The van der Waals surface area contributed by atoms with E-state index in [1.807, 2.05) is 31.2 Å². The number of rotatable bonds is 6. The third kappa shape index (κ3) is 7.18. The van der Waals surface area contributed by atoms with Gasteiger partial charge in [0.1, 0.15) is 0 Å². The van der Waals surface area contributed by atoms with Crippen molar-refractivity contribution < 1.29 is 4.79 Å². The van der Waals surface area contributed by atoms with Crippen LogP contribution in [0.4, 0.5) is 5.00 Å². The molecule has 8 heteroatoms. The quantitative estimate of drug-likeness (QED) is 0.234. The summed E-state index contributed by atoms with van der Waals surface area (Å²) in [6.45, 7) is 5.28. The maximum absolute atomic E-state index is 12.2. The lowest BCUT2D eigenvalue weighted by molar-refractivity contribution is 0.0954. The highest BCUT2D eigenvalue weighted by Crippen LogP contribution is 2.24. The first-order valence-electron chi connectivity index (χ1n) is 9.76. The Labute approximate surface area is 194 Å². The molecule has 1 aliphatic rings. The van der Waals surface area contributed by atoms with Crippen molar-refractivity contribution >= 4 is 52.2 Å². The Kier molecular flexibility index (Phi) is 9.72. The highest BCUT2D eigenvalue weighted by molar-refractivity contribution is 14.0.